The lowest BCUT2D eigenvalue weighted by molar-refractivity contribution is -0.117. The molecule has 5 rings (SSSR count). The van der Waals surface area contributed by atoms with Crippen LogP contribution in [-0.4, -0.2) is 29.2 Å². The molecule has 6 nitrogen and oxygen atoms in total. The van der Waals surface area contributed by atoms with Crippen LogP contribution in [0.2, 0.25) is 0 Å². The van der Waals surface area contributed by atoms with Crippen LogP contribution in [0.25, 0.3) is 5.70 Å². The van der Waals surface area contributed by atoms with Crippen LogP contribution >= 0.6 is 0 Å². The molecule has 1 aromatic heterocycles. The van der Waals surface area contributed by atoms with Crippen LogP contribution in [-0.2, 0) is 4.79 Å². The summed E-state index contributed by atoms with van der Waals surface area (Å²) in [6, 6.07) is 19.8. The second kappa shape index (κ2) is 7.68. The summed E-state index contributed by atoms with van der Waals surface area (Å²) in [5.41, 5.74) is 8.38. The lowest BCUT2D eigenvalue weighted by atomic mass is 9.95. The fraction of sp³-hybridized carbons (Fsp3) is 0.125. The zero-order chi connectivity index (χ0) is 21.4. The number of carbonyl (C=O) groups is 1. The van der Waals surface area contributed by atoms with Crippen LogP contribution in [0.15, 0.2) is 78.4 Å². The standard InChI is InChI=1S/C24H20FN5O/c1-15-18-5-2-3-6-19(18)23(29-28-15)16-9-11-17(12-10-16)30-14-13-20(24(30)31)26-22-8-4-7-21(25)27-22/h2-12,20,28H,1,13-14H2,(H,26,27). The molecule has 7 heteroatoms. The lowest BCUT2D eigenvalue weighted by Crippen LogP contribution is -2.33. The van der Waals surface area contributed by atoms with Crippen LogP contribution in [0.3, 0.4) is 0 Å². The van der Waals surface area contributed by atoms with Gasteiger partial charge in [0, 0.05) is 28.9 Å². The summed E-state index contributed by atoms with van der Waals surface area (Å²) in [5, 5.41) is 7.50. The molecule has 0 aliphatic carbocycles. The number of halogens is 1. The number of rotatable bonds is 4. The van der Waals surface area contributed by atoms with Gasteiger partial charge in [-0.15, -0.1) is 0 Å². The first kappa shape index (κ1) is 19.0. The Balaban J connectivity index is 1.34. The van der Waals surface area contributed by atoms with Gasteiger partial charge in [0.05, 0.1) is 11.4 Å². The number of carbonyl (C=O) groups excluding carboxylic acids is 1. The Bertz CT molecular complexity index is 1200. The van der Waals surface area contributed by atoms with Gasteiger partial charge >= 0.3 is 0 Å². The quantitative estimate of drug-likeness (QED) is 0.639. The van der Waals surface area contributed by atoms with E-state index in [9.17, 15) is 9.18 Å². The van der Waals surface area contributed by atoms with Gasteiger partial charge in [-0.1, -0.05) is 49.0 Å². The zero-order valence-electron chi connectivity index (χ0n) is 16.7. The van der Waals surface area contributed by atoms with Crippen LogP contribution in [0, 0.1) is 5.95 Å². The number of pyridine rings is 1. The lowest BCUT2D eigenvalue weighted by Gasteiger charge is -2.21. The smallest absolute Gasteiger partial charge is 0.249 e. The first-order valence-corrected chi connectivity index (χ1v) is 10.0. The highest BCUT2D eigenvalue weighted by atomic mass is 19.1. The average molecular weight is 413 g/mol. The number of hydrogen-bond donors (Lipinski definition) is 2. The zero-order valence-corrected chi connectivity index (χ0v) is 16.7. The van der Waals surface area contributed by atoms with Crippen molar-refractivity contribution in [1.82, 2.24) is 10.4 Å². The number of aromatic nitrogens is 1. The summed E-state index contributed by atoms with van der Waals surface area (Å²) in [5.74, 6) is -0.274. The van der Waals surface area contributed by atoms with Gasteiger partial charge < -0.3 is 10.2 Å². The number of benzene rings is 2. The van der Waals surface area contributed by atoms with Gasteiger partial charge in [0.1, 0.15) is 11.9 Å². The normalized spacial score (nSPS) is 17.8. The maximum atomic E-state index is 13.3. The summed E-state index contributed by atoms with van der Waals surface area (Å²) >= 11 is 0. The Morgan fingerprint density at radius 2 is 1.81 bits per heavy atom. The SMILES string of the molecule is C=C1NN=C(c2ccc(N3CCC(Nc4cccc(F)n4)C3=O)cc2)c2ccccc21. The van der Waals surface area contributed by atoms with E-state index in [1.165, 1.54) is 6.07 Å². The molecule has 0 saturated carbocycles. The number of amides is 1. The van der Waals surface area contributed by atoms with E-state index < -0.39 is 12.0 Å². The molecule has 1 unspecified atom stereocenters. The van der Waals surface area contributed by atoms with Crippen molar-refractivity contribution in [2.45, 2.75) is 12.5 Å². The minimum Gasteiger partial charge on any atom is -0.358 e. The minimum atomic E-state index is -0.576. The molecule has 1 atom stereocenters. The van der Waals surface area contributed by atoms with Crippen molar-refractivity contribution in [3.8, 4) is 0 Å². The first-order valence-electron chi connectivity index (χ1n) is 10.0. The van der Waals surface area contributed by atoms with E-state index >= 15 is 0 Å². The maximum Gasteiger partial charge on any atom is 0.249 e. The van der Waals surface area contributed by atoms with Gasteiger partial charge in [-0.25, -0.2) is 4.98 Å². The first-order chi connectivity index (χ1) is 15.1. The highest BCUT2D eigenvalue weighted by Gasteiger charge is 2.33. The fourth-order valence-electron chi connectivity index (χ4n) is 3.95. The van der Waals surface area contributed by atoms with Crippen molar-refractivity contribution >= 4 is 28.8 Å². The van der Waals surface area contributed by atoms with Crippen LogP contribution in [0.4, 0.5) is 15.9 Å². The molecule has 3 heterocycles. The Morgan fingerprint density at radius 1 is 1.03 bits per heavy atom. The molecule has 0 radical (unpaired) electrons. The fourth-order valence-corrected chi connectivity index (χ4v) is 3.95. The highest BCUT2D eigenvalue weighted by Crippen LogP contribution is 2.27. The number of nitrogens with one attached hydrogen (secondary N) is 2. The number of hydrazone groups is 1. The van der Waals surface area contributed by atoms with E-state index in [2.05, 4.69) is 27.4 Å². The Labute approximate surface area is 179 Å². The van der Waals surface area contributed by atoms with Gasteiger partial charge in [-0.3, -0.25) is 10.2 Å². The molecule has 1 amide bonds. The summed E-state index contributed by atoms with van der Waals surface area (Å²) in [6.45, 7) is 4.59. The summed E-state index contributed by atoms with van der Waals surface area (Å²) in [7, 11) is 0. The maximum absolute atomic E-state index is 13.3. The molecule has 1 fully saturated rings. The van der Waals surface area contributed by atoms with E-state index in [1.54, 1.807) is 17.0 Å². The van der Waals surface area contributed by atoms with Crippen molar-refractivity contribution in [1.29, 1.82) is 0 Å². The third kappa shape index (κ3) is 3.54. The van der Waals surface area contributed by atoms with Gasteiger partial charge in [-0.05, 0) is 30.7 Å². The monoisotopic (exact) mass is 413 g/mol. The van der Waals surface area contributed by atoms with Gasteiger partial charge in [-0.2, -0.15) is 9.49 Å². The Morgan fingerprint density at radius 3 is 2.58 bits per heavy atom. The molecular weight excluding hydrogens is 393 g/mol. The summed E-state index contributed by atoms with van der Waals surface area (Å²) in [6.07, 6.45) is 0.616. The van der Waals surface area contributed by atoms with Crippen molar-refractivity contribution in [2.75, 3.05) is 16.8 Å². The molecular formula is C24H20FN5O. The van der Waals surface area contributed by atoms with Crippen LogP contribution < -0.4 is 15.6 Å². The van der Waals surface area contributed by atoms with Crippen molar-refractivity contribution in [3.05, 3.63) is 95.9 Å². The number of hydrogen-bond acceptors (Lipinski definition) is 5. The molecule has 31 heavy (non-hydrogen) atoms. The van der Waals surface area contributed by atoms with Crippen LogP contribution in [0.1, 0.15) is 23.1 Å². The summed E-state index contributed by atoms with van der Waals surface area (Å²) in [4.78, 5) is 18.4. The van der Waals surface area contributed by atoms with Crippen molar-refractivity contribution in [3.63, 3.8) is 0 Å². The topological polar surface area (TPSA) is 69.6 Å². The van der Waals surface area contributed by atoms with E-state index in [0.29, 0.717) is 18.8 Å². The number of anilines is 2. The van der Waals surface area contributed by atoms with Crippen molar-refractivity contribution in [2.24, 2.45) is 5.10 Å². The third-order valence-corrected chi connectivity index (χ3v) is 5.51. The molecule has 2 aliphatic rings. The van der Waals surface area contributed by atoms with E-state index in [-0.39, 0.29) is 5.91 Å². The number of fused-ring (bicyclic) bond motifs is 1. The average Bonchev–Trinajstić information content (AvgIpc) is 3.14. The molecule has 2 aliphatic heterocycles. The minimum absolute atomic E-state index is 0.0582. The molecule has 3 aromatic rings. The van der Waals surface area contributed by atoms with E-state index in [4.69, 9.17) is 0 Å². The molecule has 2 aromatic carbocycles. The van der Waals surface area contributed by atoms with Crippen LogP contribution in [0.5, 0.6) is 0 Å². The highest BCUT2D eigenvalue weighted by molar-refractivity contribution is 6.16. The van der Waals surface area contributed by atoms with Gasteiger partial charge in [0.15, 0.2) is 0 Å². The predicted octanol–water partition coefficient (Wildman–Crippen LogP) is 3.76. The second-order valence-electron chi connectivity index (χ2n) is 7.46. The van der Waals surface area contributed by atoms with E-state index in [0.717, 1.165) is 33.8 Å². The third-order valence-electron chi connectivity index (χ3n) is 5.51. The Kier molecular flexibility index (Phi) is 4.71. The molecule has 1 saturated heterocycles. The molecule has 0 spiro atoms. The summed E-state index contributed by atoms with van der Waals surface area (Å²) < 4.78 is 13.3. The van der Waals surface area contributed by atoms with Gasteiger partial charge in [0.25, 0.3) is 0 Å². The van der Waals surface area contributed by atoms with Crippen molar-refractivity contribution < 1.29 is 9.18 Å². The second-order valence-corrected chi connectivity index (χ2v) is 7.46. The number of nitrogens with zero attached hydrogens (tertiary/aromatic N) is 3. The van der Waals surface area contributed by atoms with Gasteiger partial charge in [0.2, 0.25) is 11.9 Å². The Hall–Kier alpha value is -4.00. The molecule has 154 valence electrons. The van der Waals surface area contributed by atoms with E-state index in [1.807, 2.05) is 48.5 Å². The molecule has 0 bridgehead atoms. The molecule has 2 N–H and O–H groups in total. The largest absolute Gasteiger partial charge is 0.358 e. The predicted molar refractivity (Wildman–Crippen MR) is 119 cm³/mol.